The van der Waals surface area contributed by atoms with Crippen molar-refractivity contribution in [3.8, 4) is 0 Å². The van der Waals surface area contributed by atoms with Crippen molar-refractivity contribution in [2.75, 3.05) is 11.5 Å². The van der Waals surface area contributed by atoms with Crippen LogP contribution in [0.2, 0.25) is 0 Å². The number of alkyl halides is 6. The third-order valence-electron chi connectivity index (χ3n) is 7.77. The van der Waals surface area contributed by atoms with Gasteiger partial charge in [0.15, 0.2) is 0 Å². The van der Waals surface area contributed by atoms with Gasteiger partial charge in [-0.1, -0.05) is 24.3 Å². The Morgan fingerprint density at radius 3 is 1.37 bits per heavy atom. The van der Waals surface area contributed by atoms with E-state index >= 15 is 26.3 Å². The van der Waals surface area contributed by atoms with Crippen molar-refractivity contribution in [2.24, 2.45) is 0 Å². The number of thiol groups is 2. The van der Waals surface area contributed by atoms with E-state index in [1.165, 1.54) is 13.8 Å². The van der Waals surface area contributed by atoms with Crippen molar-refractivity contribution in [1.29, 1.82) is 0 Å². The Morgan fingerprint density at radius 2 is 1.00 bits per heavy atom. The minimum atomic E-state index is -5.59. The van der Waals surface area contributed by atoms with Crippen LogP contribution in [0.3, 0.4) is 0 Å². The maximum absolute atomic E-state index is 15.8. The van der Waals surface area contributed by atoms with Gasteiger partial charge in [-0.3, -0.25) is 0 Å². The highest BCUT2D eigenvalue weighted by Crippen LogP contribution is 2.67. The fourth-order valence-corrected chi connectivity index (χ4v) is 8.45. The van der Waals surface area contributed by atoms with E-state index < -0.39 is 28.9 Å². The summed E-state index contributed by atoms with van der Waals surface area (Å²) in [5, 5.41) is 0.574. The van der Waals surface area contributed by atoms with Crippen LogP contribution in [0.15, 0.2) is 36.4 Å². The van der Waals surface area contributed by atoms with Gasteiger partial charge in [0.1, 0.15) is 0 Å². The van der Waals surface area contributed by atoms with Gasteiger partial charge < -0.3 is 0 Å². The molecular weight excluding hydrogens is 615 g/mol. The SMILES string of the molecule is Cc1sc2cc(CCCCS)ccc2c1C1=C(c2c(C)sc3cc(CCCCS)ccc23)C(F)(F)C(F)(F)C1(F)F. The zero-order chi connectivity index (χ0) is 29.7. The summed E-state index contributed by atoms with van der Waals surface area (Å²) in [5.74, 6) is -14.3. The van der Waals surface area contributed by atoms with E-state index in [9.17, 15) is 0 Å². The molecule has 10 heteroatoms. The number of thiophene rings is 2. The second-order valence-electron chi connectivity index (χ2n) is 10.6. The quantitative estimate of drug-likeness (QED) is 0.0958. The van der Waals surface area contributed by atoms with E-state index in [0.717, 1.165) is 83.8 Å². The molecule has 2 aromatic carbocycles. The molecule has 0 aliphatic heterocycles. The smallest absolute Gasteiger partial charge is 0.194 e. The summed E-state index contributed by atoms with van der Waals surface area (Å²) in [7, 11) is 0. The fraction of sp³-hybridized carbons (Fsp3) is 0.419. The molecule has 0 bridgehead atoms. The van der Waals surface area contributed by atoms with Gasteiger partial charge in [0, 0.05) is 52.2 Å². The molecule has 0 N–H and O–H groups in total. The lowest BCUT2D eigenvalue weighted by Crippen LogP contribution is -2.48. The van der Waals surface area contributed by atoms with Crippen LogP contribution < -0.4 is 0 Å². The summed E-state index contributed by atoms with van der Waals surface area (Å²) in [4.78, 5) is 0.605. The number of unbranched alkanes of at least 4 members (excludes halogenated alkanes) is 2. The molecule has 0 nitrogen and oxygen atoms in total. The Kier molecular flexibility index (Phi) is 8.62. The van der Waals surface area contributed by atoms with Crippen molar-refractivity contribution in [2.45, 2.75) is 70.1 Å². The molecular formula is C31H30F6S4. The van der Waals surface area contributed by atoms with Crippen LogP contribution in [0.4, 0.5) is 26.3 Å². The summed E-state index contributed by atoms with van der Waals surface area (Å²) in [6, 6.07) is 10.4. The maximum atomic E-state index is 15.8. The highest BCUT2D eigenvalue weighted by Gasteiger charge is 2.80. The van der Waals surface area contributed by atoms with Gasteiger partial charge in [0.25, 0.3) is 0 Å². The molecule has 0 unspecified atom stereocenters. The normalized spacial score (nSPS) is 17.8. The zero-order valence-electron chi connectivity index (χ0n) is 22.6. The Balaban J connectivity index is 1.75. The summed E-state index contributed by atoms with van der Waals surface area (Å²) in [5.41, 5.74) is -1.02. The Hall–Kier alpha value is -1.62. The Morgan fingerprint density at radius 1 is 0.610 bits per heavy atom. The van der Waals surface area contributed by atoms with Crippen molar-refractivity contribution < 1.29 is 26.3 Å². The number of fused-ring (bicyclic) bond motifs is 2. The largest absolute Gasteiger partial charge is 0.380 e. The van der Waals surface area contributed by atoms with Gasteiger partial charge >= 0.3 is 17.8 Å². The summed E-state index contributed by atoms with van der Waals surface area (Å²) in [6.45, 7) is 3.07. The number of halogens is 6. The molecule has 4 aromatic rings. The van der Waals surface area contributed by atoms with Gasteiger partial charge in [-0.2, -0.15) is 51.6 Å². The van der Waals surface area contributed by atoms with Crippen molar-refractivity contribution in [3.63, 3.8) is 0 Å². The Bertz CT molecular complexity index is 1510. The van der Waals surface area contributed by atoms with Crippen LogP contribution in [0.25, 0.3) is 31.3 Å². The second-order valence-corrected chi connectivity index (χ2v) is 14.0. The lowest BCUT2D eigenvalue weighted by Gasteiger charge is -2.26. The third kappa shape index (κ3) is 5.04. The minimum Gasteiger partial charge on any atom is -0.194 e. The molecule has 0 fully saturated rings. The molecule has 0 saturated heterocycles. The van der Waals surface area contributed by atoms with Gasteiger partial charge in [-0.25, -0.2) is 0 Å². The first-order chi connectivity index (χ1) is 19.4. The number of hydrogen-bond acceptors (Lipinski definition) is 4. The third-order valence-corrected chi connectivity index (χ3v) is 10.5. The standard InChI is InChI=1S/C31H30F6S4/c1-17-25(21-11-9-19(7-3-5-13-38)15-23(21)40-17)27-28(30(34,35)31(36,37)29(27,32)33)26-18(2)41-24-16-20(8-4-6-14-39)10-12-22(24)26/h9-12,15-16,38-39H,3-8,13-14H2,1-2H3. The molecule has 5 rings (SSSR count). The van der Waals surface area contributed by atoms with E-state index in [-0.39, 0.29) is 21.9 Å². The first-order valence-corrected chi connectivity index (χ1v) is 16.4. The van der Waals surface area contributed by atoms with Crippen molar-refractivity contribution in [1.82, 2.24) is 0 Å². The average Bonchev–Trinajstić information content (AvgIpc) is 3.43. The molecule has 0 radical (unpaired) electrons. The van der Waals surface area contributed by atoms with Crippen LogP contribution in [0.5, 0.6) is 0 Å². The first kappa shape index (κ1) is 30.8. The minimum absolute atomic E-state index is 0.217. The fourth-order valence-electron chi connectivity index (χ4n) is 5.73. The van der Waals surface area contributed by atoms with E-state index in [1.54, 1.807) is 24.3 Å². The summed E-state index contributed by atoms with van der Waals surface area (Å²) < 4.78 is 94.6. The summed E-state index contributed by atoms with van der Waals surface area (Å²) >= 11 is 10.8. The molecule has 0 spiro atoms. The van der Waals surface area contributed by atoms with E-state index in [0.29, 0.717) is 19.2 Å². The number of benzene rings is 2. The number of aryl methyl sites for hydroxylation is 4. The van der Waals surface area contributed by atoms with Crippen LogP contribution in [-0.4, -0.2) is 29.3 Å². The van der Waals surface area contributed by atoms with Gasteiger partial charge in [0.2, 0.25) is 0 Å². The van der Waals surface area contributed by atoms with E-state index in [2.05, 4.69) is 25.3 Å². The topological polar surface area (TPSA) is 0 Å². The average molecular weight is 645 g/mol. The van der Waals surface area contributed by atoms with Crippen LogP contribution in [0, 0.1) is 13.8 Å². The molecule has 0 saturated carbocycles. The zero-order valence-corrected chi connectivity index (χ0v) is 26.0. The lowest BCUT2D eigenvalue weighted by atomic mass is 9.91. The van der Waals surface area contributed by atoms with Crippen LogP contribution in [-0.2, 0) is 12.8 Å². The molecule has 220 valence electrons. The maximum Gasteiger partial charge on any atom is 0.380 e. The number of hydrogen-bond donors (Lipinski definition) is 2. The van der Waals surface area contributed by atoms with Crippen molar-refractivity contribution >= 4 is 79.2 Å². The Labute approximate surface area is 254 Å². The van der Waals surface area contributed by atoms with E-state index in [4.69, 9.17) is 0 Å². The van der Waals surface area contributed by atoms with Crippen molar-refractivity contribution in [3.05, 3.63) is 68.4 Å². The molecule has 2 heterocycles. The van der Waals surface area contributed by atoms with E-state index in [1.807, 2.05) is 12.1 Å². The molecule has 41 heavy (non-hydrogen) atoms. The first-order valence-electron chi connectivity index (χ1n) is 13.5. The molecule has 0 atom stereocenters. The van der Waals surface area contributed by atoms with Gasteiger partial charge in [-0.05, 0) is 87.1 Å². The van der Waals surface area contributed by atoms with Crippen LogP contribution >= 0.6 is 47.9 Å². The lowest BCUT2D eigenvalue weighted by molar-refractivity contribution is -0.254. The molecule has 1 aliphatic carbocycles. The summed E-state index contributed by atoms with van der Waals surface area (Å²) in [6.07, 6.45) is 5.10. The highest BCUT2D eigenvalue weighted by molar-refractivity contribution is 7.80. The van der Waals surface area contributed by atoms with Gasteiger partial charge in [-0.15, -0.1) is 22.7 Å². The predicted molar refractivity (Wildman–Crippen MR) is 168 cm³/mol. The molecule has 1 aliphatic rings. The predicted octanol–water partition coefficient (Wildman–Crippen LogP) is 11.1. The van der Waals surface area contributed by atoms with Gasteiger partial charge in [0.05, 0.1) is 0 Å². The van der Waals surface area contributed by atoms with Crippen LogP contribution in [0.1, 0.15) is 57.7 Å². The molecule has 0 amide bonds. The second kappa shape index (κ2) is 11.5. The number of allylic oxidation sites excluding steroid dienone is 2. The molecule has 2 aromatic heterocycles. The highest BCUT2D eigenvalue weighted by atomic mass is 32.1. The number of rotatable bonds is 10. The monoisotopic (exact) mass is 644 g/mol.